The normalized spacial score (nSPS) is 11.4. The van der Waals surface area contributed by atoms with Crippen LogP contribution in [0, 0.1) is 5.82 Å². The summed E-state index contributed by atoms with van der Waals surface area (Å²) < 4.78 is 38.2. The average Bonchev–Trinajstić information content (AvgIpc) is 2.73. The number of aromatic amines is 1. The topological polar surface area (TPSA) is 87.7 Å². The number of nitrogens with zero attached hydrogens (tertiary/aromatic N) is 2. The van der Waals surface area contributed by atoms with Crippen molar-refractivity contribution in [1.82, 2.24) is 15.2 Å². The fourth-order valence-corrected chi connectivity index (χ4v) is 2.33. The Bertz CT molecular complexity index is 580. The molecule has 0 saturated heterocycles. The van der Waals surface area contributed by atoms with Crippen LogP contribution in [0.1, 0.15) is 5.56 Å². The van der Waals surface area contributed by atoms with E-state index in [1.807, 2.05) is 0 Å². The zero-order valence-corrected chi connectivity index (χ0v) is 9.41. The van der Waals surface area contributed by atoms with E-state index in [1.165, 1.54) is 30.6 Å². The van der Waals surface area contributed by atoms with Gasteiger partial charge in [-0.15, -0.1) is 0 Å². The van der Waals surface area contributed by atoms with Gasteiger partial charge in [0.25, 0.3) is 0 Å². The standard InChI is InChI=1S/C9H9FN4O2S/c10-8-3-1-7(2-4-8)5-17(15,16)14-9-11-6-12-13-9/h1-4,6H,5H2,(H2,11,12,13,14). The number of anilines is 1. The van der Waals surface area contributed by atoms with Gasteiger partial charge in [0.2, 0.25) is 16.0 Å². The van der Waals surface area contributed by atoms with Gasteiger partial charge in [-0.1, -0.05) is 12.1 Å². The zero-order chi connectivity index (χ0) is 12.3. The summed E-state index contributed by atoms with van der Waals surface area (Å²) in [6.07, 6.45) is 1.19. The molecule has 0 aliphatic carbocycles. The van der Waals surface area contributed by atoms with Crippen LogP contribution in [-0.2, 0) is 15.8 Å². The molecule has 8 heteroatoms. The number of H-pyrrole nitrogens is 1. The van der Waals surface area contributed by atoms with E-state index in [2.05, 4.69) is 19.9 Å². The van der Waals surface area contributed by atoms with Gasteiger partial charge in [0.1, 0.15) is 12.1 Å². The second-order valence-electron chi connectivity index (χ2n) is 3.32. The van der Waals surface area contributed by atoms with Crippen molar-refractivity contribution in [2.75, 3.05) is 4.72 Å². The Hall–Kier alpha value is -1.96. The quantitative estimate of drug-likeness (QED) is 0.850. The van der Waals surface area contributed by atoms with Gasteiger partial charge in [-0.05, 0) is 17.7 Å². The van der Waals surface area contributed by atoms with Gasteiger partial charge in [0.05, 0.1) is 5.75 Å². The number of nitrogens with one attached hydrogen (secondary N) is 2. The third-order valence-electron chi connectivity index (χ3n) is 1.94. The smallest absolute Gasteiger partial charge is 0.239 e. The van der Waals surface area contributed by atoms with Crippen LogP contribution >= 0.6 is 0 Å². The van der Waals surface area contributed by atoms with Gasteiger partial charge in [0.15, 0.2) is 0 Å². The van der Waals surface area contributed by atoms with Crippen molar-refractivity contribution in [3.63, 3.8) is 0 Å². The van der Waals surface area contributed by atoms with Crippen molar-refractivity contribution in [2.24, 2.45) is 0 Å². The first kappa shape index (κ1) is 11.5. The lowest BCUT2D eigenvalue weighted by molar-refractivity contribution is 0.599. The molecule has 0 radical (unpaired) electrons. The number of sulfonamides is 1. The predicted octanol–water partition coefficient (Wildman–Crippen LogP) is 0.886. The van der Waals surface area contributed by atoms with Crippen LogP contribution in [0.15, 0.2) is 30.6 Å². The second kappa shape index (κ2) is 4.50. The average molecular weight is 256 g/mol. The molecule has 6 nitrogen and oxygen atoms in total. The van der Waals surface area contributed by atoms with E-state index in [1.54, 1.807) is 0 Å². The first-order valence-electron chi connectivity index (χ1n) is 4.65. The molecule has 0 spiro atoms. The highest BCUT2D eigenvalue weighted by atomic mass is 32.2. The Labute approximate surface area is 96.9 Å². The maximum absolute atomic E-state index is 12.6. The molecule has 0 saturated carbocycles. The fourth-order valence-electron chi connectivity index (χ4n) is 1.24. The van der Waals surface area contributed by atoms with E-state index in [4.69, 9.17) is 0 Å². The molecule has 0 amide bonds. The molecule has 1 aromatic heterocycles. The Kier molecular flexibility index (Phi) is 3.05. The maximum Gasteiger partial charge on any atom is 0.239 e. The zero-order valence-electron chi connectivity index (χ0n) is 8.59. The number of hydrogen-bond donors (Lipinski definition) is 2. The van der Waals surface area contributed by atoms with Gasteiger partial charge in [-0.25, -0.2) is 17.9 Å². The van der Waals surface area contributed by atoms with E-state index >= 15 is 0 Å². The van der Waals surface area contributed by atoms with Crippen LogP contribution in [0.5, 0.6) is 0 Å². The minimum absolute atomic E-state index is 0.0483. The summed E-state index contributed by atoms with van der Waals surface area (Å²) in [6, 6.07) is 5.24. The number of halogens is 1. The molecule has 0 atom stereocenters. The molecule has 1 aromatic carbocycles. The maximum atomic E-state index is 12.6. The number of rotatable bonds is 4. The van der Waals surface area contributed by atoms with Gasteiger partial charge in [-0.2, -0.15) is 10.1 Å². The summed E-state index contributed by atoms with van der Waals surface area (Å²) in [5.74, 6) is -0.616. The molecule has 0 aliphatic rings. The van der Waals surface area contributed by atoms with Gasteiger partial charge in [-0.3, -0.25) is 4.72 Å². The summed E-state index contributed by atoms with van der Waals surface area (Å²) in [6.45, 7) is 0. The molecule has 17 heavy (non-hydrogen) atoms. The monoisotopic (exact) mass is 256 g/mol. The van der Waals surface area contributed by atoms with Crippen LogP contribution in [0.4, 0.5) is 10.3 Å². The summed E-state index contributed by atoms with van der Waals surface area (Å²) >= 11 is 0. The highest BCUT2D eigenvalue weighted by molar-refractivity contribution is 7.91. The highest BCUT2D eigenvalue weighted by Crippen LogP contribution is 2.09. The molecular formula is C9H9FN4O2S. The Morgan fingerprint density at radius 1 is 1.29 bits per heavy atom. The van der Waals surface area contributed by atoms with E-state index in [0.717, 1.165) is 0 Å². The lowest BCUT2D eigenvalue weighted by Crippen LogP contribution is -2.16. The van der Waals surface area contributed by atoms with Crippen molar-refractivity contribution < 1.29 is 12.8 Å². The minimum Gasteiger partial charge on any atom is -0.251 e. The SMILES string of the molecule is O=S(=O)(Cc1ccc(F)cc1)Nc1ncn[nH]1. The highest BCUT2D eigenvalue weighted by Gasteiger charge is 2.13. The molecule has 0 bridgehead atoms. The van der Waals surface area contributed by atoms with Crippen LogP contribution in [-0.4, -0.2) is 23.6 Å². The third-order valence-corrected chi connectivity index (χ3v) is 3.15. The molecule has 2 rings (SSSR count). The van der Waals surface area contributed by atoms with Gasteiger partial charge >= 0.3 is 0 Å². The van der Waals surface area contributed by atoms with E-state index in [9.17, 15) is 12.8 Å². The predicted molar refractivity (Wildman–Crippen MR) is 59.0 cm³/mol. The molecule has 0 unspecified atom stereocenters. The van der Waals surface area contributed by atoms with Gasteiger partial charge < -0.3 is 0 Å². The first-order valence-corrected chi connectivity index (χ1v) is 6.31. The summed E-state index contributed by atoms with van der Waals surface area (Å²) in [5, 5.41) is 5.89. The van der Waals surface area contributed by atoms with Crippen molar-refractivity contribution in [3.8, 4) is 0 Å². The van der Waals surface area contributed by atoms with Crippen LogP contribution < -0.4 is 4.72 Å². The third kappa shape index (κ3) is 3.25. The lowest BCUT2D eigenvalue weighted by Gasteiger charge is -2.04. The molecule has 2 N–H and O–H groups in total. The molecule has 1 heterocycles. The fraction of sp³-hybridized carbons (Fsp3) is 0.111. The van der Waals surface area contributed by atoms with E-state index in [-0.39, 0.29) is 11.7 Å². The minimum atomic E-state index is -3.58. The largest absolute Gasteiger partial charge is 0.251 e. The second-order valence-corrected chi connectivity index (χ2v) is 5.04. The summed E-state index contributed by atoms with van der Waals surface area (Å²) in [7, 11) is -3.58. The Morgan fingerprint density at radius 2 is 2.00 bits per heavy atom. The van der Waals surface area contributed by atoms with Crippen molar-refractivity contribution in [2.45, 2.75) is 5.75 Å². The van der Waals surface area contributed by atoms with Crippen LogP contribution in [0.2, 0.25) is 0 Å². The summed E-state index contributed by atoms with van der Waals surface area (Å²) in [4.78, 5) is 3.64. The van der Waals surface area contributed by atoms with Crippen LogP contribution in [0.25, 0.3) is 0 Å². The lowest BCUT2D eigenvalue weighted by atomic mass is 10.2. The van der Waals surface area contributed by atoms with Crippen molar-refractivity contribution >= 4 is 16.0 Å². The van der Waals surface area contributed by atoms with Crippen molar-refractivity contribution in [3.05, 3.63) is 42.0 Å². The van der Waals surface area contributed by atoms with Gasteiger partial charge in [0, 0.05) is 0 Å². The molecule has 2 aromatic rings. The Morgan fingerprint density at radius 3 is 2.59 bits per heavy atom. The Balaban J connectivity index is 2.09. The molecule has 0 fully saturated rings. The van der Waals surface area contributed by atoms with E-state index < -0.39 is 15.8 Å². The van der Waals surface area contributed by atoms with Crippen molar-refractivity contribution in [1.29, 1.82) is 0 Å². The first-order chi connectivity index (χ1) is 8.05. The molecular weight excluding hydrogens is 247 g/mol. The number of benzene rings is 1. The van der Waals surface area contributed by atoms with Crippen LogP contribution in [0.3, 0.4) is 0 Å². The molecule has 0 aliphatic heterocycles. The summed E-state index contributed by atoms with van der Waals surface area (Å²) in [5.41, 5.74) is 0.485. The number of hydrogen-bond acceptors (Lipinski definition) is 4. The van der Waals surface area contributed by atoms with E-state index in [0.29, 0.717) is 5.56 Å². The molecule has 90 valence electrons. The number of aromatic nitrogens is 3.